The number of carbonyl (C=O) groups excluding carboxylic acids is 1. The molecule has 0 atom stereocenters. The summed E-state index contributed by atoms with van der Waals surface area (Å²) in [4.78, 5) is 17.0. The molecule has 0 N–H and O–H groups in total. The molecule has 1 radical (unpaired) electrons. The Hall–Kier alpha value is -1.26. The van der Waals surface area contributed by atoms with Crippen LogP contribution in [0.2, 0.25) is 5.02 Å². The van der Waals surface area contributed by atoms with Gasteiger partial charge in [-0.3, -0.25) is 4.79 Å². The number of thioether (sulfide) groups is 1. The van der Waals surface area contributed by atoms with Crippen molar-refractivity contribution < 1.29 is 4.79 Å². The van der Waals surface area contributed by atoms with Gasteiger partial charge >= 0.3 is 0 Å². The Morgan fingerprint density at radius 1 is 1.44 bits per heavy atom. The van der Waals surface area contributed by atoms with Crippen LogP contribution >= 0.6 is 23.4 Å². The molecule has 18 heavy (non-hydrogen) atoms. The van der Waals surface area contributed by atoms with Crippen LogP contribution in [0, 0.1) is 0 Å². The number of allylic oxidation sites excluding steroid dienone is 1. The van der Waals surface area contributed by atoms with Gasteiger partial charge in [0, 0.05) is 11.1 Å². The molecule has 0 bridgehead atoms. The van der Waals surface area contributed by atoms with E-state index in [1.165, 1.54) is 11.8 Å². The van der Waals surface area contributed by atoms with E-state index in [1.807, 2.05) is 0 Å². The van der Waals surface area contributed by atoms with Crippen molar-refractivity contribution in [3.8, 4) is 0 Å². The number of rotatable bonds is 3. The van der Waals surface area contributed by atoms with Gasteiger partial charge in [-0.25, -0.2) is 5.32 Å². The predicted octanol–water partition coefficient (Wildman–Crippen LogP) is 3.83. The Kier molecular flexibility index (Phi) is 4.44. The van der Waals surface area contributed by atoms with E-state index in [9.17, 15) is 4.79 Å². The number of amides is 1. The van der Waals surface area contributed by atoms with Crippen molar-refractivity contribution in [3.63, 3.8) is 0 Å². The average Bonchev–Trinajstić information content (AvgIpc) is 2.77. The highest BCUT2D eigenvalue weighted by molar-refractivity contribution is 8.17. The maximum absolute atomic E-state index is 11.9. The zero-order valence-corrected chi connectivity index (χ0v) is 11.5. The van der Waals surface area contributed by atoms with Crippen molar-refractivity contribution in [2.75, 3.05) is 0 Å². The Labute approximate surface area is 115 Å². The fourth-order valence-electron chi connectivity index (χ4n) is 1.49. The Morgan fingerprint density at radius 3 is 2.94 bits per heavy atom. The smallest absolute Gasteiger partial charge is 0.267 e. The molecule has 0 aliphatic carbocycles. The van der Waals surface area contributed by atoms with E-state index < -0.39 is 0 Å². The van der Waals surface area contributed by atoms with Gasteiger partial charge in [-0.2, -0.15) is 4.99 Å². The molecule has 0 saturated carbocycles. The minimum absolute atomic E-state index is 0.349. The Bertz CT molecular complexity index is 525. The van der Waals surface area contributed by atoms with Gasteiger partial charge in [-0.15, -0.1) is 0 Å². The lowest BCUT2D eigenvalue weighted by molar-refractivity contribution is 0.100. The number of halogens is 1. The van der Waals surface area contributed by atoms with Crippen LogP contribution in [-0.2, 0) is 0 Å². The molecule has 3 nitrogen and oxygen atoms in total. The van der Waals surface area contributed by atoms with Gasteiger partial charge < -0.3 is 0 Å². The third kappa shape index (κ3) is 3.15. The van der Waals surface area contributed by atoms with Crippen LogP contribution in [0.25, 0.3) is 0 Å². The van der Waals surface area contributed by atoms with Crippen LogP contribution in [0.5, 0.6) is 0 Å². The summed E-state index contributed by atoms with van der Waals surface area (Å²) < 4.78 is 0. The first-order valence-electron chi connectivity index (χ1n) is 5.66. The first kappa shape index (κ1) is 13.2. The van der Waals surface area contributed by atoms with Crippen LogP contribution in [0.15, 0.2) is 40.4 Å². The van der Waals surface area contributed by atoms with Crippen LogP contribution in [0.4, 0.5) is 0 Å². The van der Waals surface area contributed by atoms with E-state index in [0.717, 1.165) is 17.7 Å². The fraction of sp³-hybridized carbons (Fsp3) is 0.231. The molecule has 1 aromatic carbocycles. The fourth-order valence-corrected chi connectivity index (χ4v) is 2.59. The number of amidine groups is 1. The standard InChI is InChI=1S/C13H12ClN2OS/c1-2-5-9-8-15-13(18-9)16-12(17)10-6-3-4-7-11(10)14/h3-4,6-8H,2,5H2,1H3. The summed E-state index contributed by atoms with van der Waals surface area (Å²) >= 11 is 7.39. The van der Waals surface area contributed by atoms with Crippen molar-refractivity contribution in [3.05, 3.63) is 46.0 Å². The van der Waals surface area contributed by atoms with E-state index in [4.69, 9.17) is 11.6 Å². The van der Waals surface area contributed by atoms with E-state index >= 15 is 0 Å². The molecule has 2 rings (SSSR count). The molecular weight excluding hydrogens is 268 g/mol. The number of hydrogen-bond acceptors (Lipinski definition) is 2. The molecule has 5 heteroatoms. The van der Waals surface area contributed by atoms with Gasteiger partial charge in [-0.05, 0) is 18.6 Å². The highest BCUT2D eigenvalue weighted by Crippen LogP contribution is 2.27. The third-order valence-corrected chi connectivity index (χ3v) is 3.62. The number of benzene rings is 1. The lowest BCUT2D eigenvalue weighted by Crippen LogP contribution is -2.05. The zero-order valence-electron chi connectivity index (χ0n) is 9.89. The van der Waals surface area contributed by atoms with Crippen LogP contribution in [0.3, 0.4) is 0 Å². The molecule has 1 aromatic rings. The summed E-state index contributed by atoms with van der Waals surface area (Å²) in [5.74, 6) is -0.349. The molecule has 1 aliphatic heterocycles. The van der Waals surface area contributed by atoms with Crippen molar-refractivity contribution >= 4 is 34.4 Å². The zero-order chi connectivity index (χ0) is 13.0. The second kappa shape index (κ2) is 6.07. The summed E-state index contributed by atoms with van der Waals surface area (Å²) in [7, 11) is 0. The van der Waals surface area contributed by atoms with Gasteiger partial charge in [0.2, 0.25) is 0 Å². The molecule has 0 unspecified atom stereocenters. The maximum atomic E-state index is 11.9. The van der Waals surface area contributed by atoms with Gasteiger partial charge in [0.1, 0.15) is 0 Å². The summed E-state index contributed by atoms with van der Waals surface area (Å²) in [6.07, 6.45) is 3.79. The first-order chi connectivity index (χ1) is 8.70. The number of aliphatic imine (C=N–C) groups is 1. The number of carbonyl (C=O) groups is 1. The third-order valence-electron chi connectivity index (χ3n) is 2.34. The van der Waals surface area contributed by atoms with Crippen molar-refractivity contribution in [1.29, 1.82) is 0 Å². The van der Waals surface area contributed by atoms with E-state index in [1.54, 1.807) is 30.5 Å². The number of nitrogens with zero attached hydrogens (tertiary/aromatic N) is 2. The average molecular weight is 280 g/mol. The van der Waals surface area contributed by atoms with E-state index in [-0.39, 0.29) is 5.91 Å². The molecule has 0 aromatic heterocycles. The summed E-state index contributed by atoms with van der Waals surface area (Å²) in [6, 6.07) is 6.88. The molecule has 1 aliphatic rings. The Morgan fingerprint density at radius 2 is 2.22 bits per heavy atom. The predicted molar refractivity (Wildman–Crippen MR) is 75.9 cm³/mol. The van der Waals surface area contributed by atoms with Crippen LogP contribution in [0.1, 0.15) is 30.1 Å². The number of hydrogen-bond donors (Lipinski definition) is 0. The summed E-state index contributed by atoms with van der Waals surface area (Å²) in [5.41, 5.74) is 0.409. The summed E-state index contributed by atoms with van der Waals surface area (Å²) in [5, 5.41) is 5.02. The lowest BCUT2D eigenvalue weighted by atomic mass is 10.2. The molecule has 1 amide bonds. The van der Waals surface area contributed by atoms with Crippen LogP contribution < -0.4 is 5.32 Å². The largest absolute Gasteiger partial charge is 0.280 e. The molecule has 0 saturated heterocycles. The molecule has 0 spiro atoms. The second-order valence-electron chi connectivity index (χ2n) is 3.76. The maximum Gasteiger partial charge on any atom is 0.280 e. The first-order valence-corrected chi connectivity index (χ1v) is 6.85. The Balaban J connectivity index is 2.07. The van der Waals surface area contributed by atoms with Crippen LogP contribution in [-0.4, -0.2) is 11.1 Å². The van der Waals surface area contributed by atoms with E-state index in [0.29, 0.717) is 15.8 Å². The van der Waals surface area contributed by atoms with Gasteiger partial charge in [-0.1, -0.05) is 48.8 Å². The van der Waals surface area contributed by atoms with Crippen molar-refractivity contribution in [2.45, 2.75) is 19.8 Å². The van der Waals surface area contributed by atoms with Crippen molar-refractivity contribution in [1.82, 2.24) is 5.32 Å². The molecule has 93 valence electrons. The van der Waals surface area contributed by atoms with Gasteiger partial charge in [0.15, 0.2) is 5.17 Å². The highest BCUT2D eigenvalue weighted by atomic mass is 35.5. The summed E-state index contributed by atoms with van der Waals surface area (Å²) in [6.45, 7) is 2.10. The second-order valence-corrected chi connectivity index (χ2v) is 5.26. The van der Waals surface area contributed by atoms with Gasteiger partial charge in [0.05, 0.1) is 10.6 Å². The van der Waals surface area contributed by atoms with E-state index in [2.05, 4.69) is 17.2 Å². The highest BCUT2D eigenvalue weighted by Gasteiger charge is 2.16. The molecule has 1 heterocycles. The SMILES string of the molecule is CCCC1=C[N]C(=NC(=O)c2ccccc2Cl)S1. The topological polar surface area (TPSA) is 43.5 Å². The van der Waals surface area contributed by atoms with Crippen molar-refractivity contribution in [2.24, 2.45) is 4.99 Å². The van der Waals surface area contributed by atoms with Gasteiger partial charge in [0.25, 0.3) is 5.91 Å². The lowest BCUT2D eigenvalue weighted by Gasteiger charge is -1.99. The minimum atomic E-state index is -0.349. The quantitative estimate of drug-likeness (QED) is 0.844. The molecule has 0 fully saturated rings. The monoisotopic (exact) mass is 279 g/mol. The normalized spacial score (nSPS) is 16.6. The minimum Gasteiger partial charge on any atom is -0.267 e. The molecular formula is C13H12ClN2OS.